The lowest BCUT2D eigenvalue weighted by atomic mass is 10.0. The van der Waals surface area contributed by atoms with E-state index in [9.17, 15) is 14.4 Å². The quantitative estimate of drug-likeness (QED) is 0.768. The number of nitrogens with zero attached hydrogens (tertiary/aromatic N) is 3. The van der Waals surface area contributed by atoms with Crippen LogP contribution >= 0.6 is 0 Å². The van der Waals surface area contributed by atoms with Crippen molar-refractivity contribution in [2.45, 2.75) is 19.9 Å². The van der Waals surface area contributed by atoms with Crippen molar-refractivity contribution < 1.29 is 14.4 Å². The van der Waals surface area contributed by atoms with Crippen molar-refractivity contribution in [2.75, 3.05) is 16.0 Å². The monoisotopic (exact) mass is 328 g/mol. The number of rotatable bonds is 4. The summed E-state index contributed by atoms with van der Waals surface area (Å²) in [4.78, 5) is 39.0. The summed E-state index contributed by atoms with van der Waals surface area (Å²) in [6.07, 6.45) is 1.40. The second kappa shape index (κ2) is 6.49. The second-order valence-electron chi connectivity index (χ2n) is 5.46. The Bertz CT molecular complexity index is 783. The molecule has 9 heteroatoms. The molecule has 0 fully saturated rings. The van der Waals surface area contributed by atoms with Gasteiger partial charge in [0.1, 0.15) is 6.33 Å². The molecule has 0 saturated heterocycles. The fourth-order valence-electron chi connectivity index (χ4n) is 2.43. The van der Waals surface area contributed by atoms with Gasteiger partial charge in [0.15, 0.2) is 0 Å². The van der Waals surface area contributed by atoms with Crippen LogP contribution in [0.25, 0.3) is 0 Å². The van der Waals surface area contributed by atoms with E-state index in [1.165, 1.54) is 13.3 Å². The van der Waals surface area contributed by atoms with E-state index in [0.29, 0.717) is 23.9 Å². The van der Waals surface area contributed by atoms with Crippen molar-refractivity contribution in [3.63, 3.8) is 0 Å². The third-order valence-electron chi connectivity index (χ3n) is 3.54. The number of hydrogen-bond donors (Lipinski definition) is 3. The highest BCUT2D eigenvalue weighted by atomic mass is 16.2. The number of carbonyl (C=O) groups is 3. The van der Waals surface area contributed by atoms with Crippen LogP contribution < -0.4 is 16.0 Å². The molecular weight excluding hydrogens is 312 g/mol. The molecule has 1 aromatic heterocycles. The predicted molar refractivity (Wildman–Crippen MR) is 86.1 cm³/mol. The average Bonchev–Trinajstić information content (AvgIpc) is 2.96. The minimum absolute atomic E-state index is 0.0403. The van der Waals surface area contributed by atoms with Crippen LogP contribution in [0.4, 0.5) is 17.3 Å². The van der Waals surface area contributed by atoms with E-state index < -0.39 is 5.92 Å². The number of fused-ring (bicyclic) bond motifs is 1. The SMILES string of the molecule is CC(=O)Nc1ccc(NC(=O)C[C@@H]2Cn3ncnc3NC2=O)cc1. The molecule has 0 bridgehead atoms. The highest BCUT2D eigenvalue weighted by Crippen LogP contribution is 2.19. The molecule has 0 spiro atoms. The Morgan fingerprint density at radius 2 is 1.92 bits per heavy atom. The van der Waals surface area contributed by atoms with Gasteiger partial charge in [0, 0.05) is 24.7 Å². The van der Waals surface area contributed by atoms with Gasteiger partial charge in [-0.3, -0.25) is 19.7 Å². The van der Waals surface area contributed by atoms with Crippen molar-refractivity contribution in [1.82, 2.24) is 14.8 Å². The lowest BCUT2D eigenvalue weighted by Gasteiger charge is -2.21. The molecule has 3 N–H and O–H groups in total. The summed E-state index contributed by atoms with van der Waals surface area (Å²) in [6.45, 7) is 1.74. The normalized spacial score (nSPS) is 16.0. The summed E-state index contributed by atoms with van der Waals surface area (Å²) in [6, 6.07) is 6.73. The van der Waals surface area contributed by atoms with Crippen LogP contribution in [0, 0.1) is 5.92 Å². The van der Waals surface area contributed by atoms with Crippen molar-refractivity contribution in [3.05, 3.63) is 30.6 Å². The first-order chi connectivity index (χ1) is 11.5. The molecule has 3 amide bonds. The van der Waals surface area contributed by atoms with Gasteiger partial charge in [-0.2, -0.15) is 10.1 Å². The number of hydrogen-bond acceptors (Lipinski definition) is 5. The summed E-state index contributed by atoms with van der Waals surface area (Å²) in [5.41, 5.74) is 1.23. The van der Waals surface area contributed by atoms with E-state index in [1.807, 2.05) is 0 Å². The molecule has 0 saturated carbocycles. The Hall–Kier alpha value is -3.23. The minimum atomic E-state index is -0.502. The maximum Gasteiger partial charge on any atom is 0.232 e. The first kappa shape index (κ1) is 15.7. The molecule has 0 radical (unpaired) electrons. The molecule has 2 aromatic rings. The largest absolute Gasteiger partial charge is 0.326 e. The van der Waals surface area contributed by atoms with Gasteiger partial charge in [-0.05, 0) is 24.3 Å². The number of carbonyl (C=O) groups excluding carboxylic acids is 3. The molecule has 9 nitrogen and oxygen atoms in total. The van der Waals surface area contributed by atoms with Gasteiger partial charge in [-0.25, -0.2) is 4.68 Å². The fraction of sp³-hybridized carbons (Fsp3) is 0.267. The van der Waals surface area contributed by atoms with Gasteiger partial charge in [0.2, 0.25) is 23.7 Å². The molecular formula is C15H16N6O3. The molecule has 1 aliphatic heterocycles. The topological polar surface area (TPSA) is 118 Å². The third kappa shape index (κ3) is 3.57. The third-order valence-corrected chi connectivity index (χ3v) is 3.54. The van der Waals surface area contributed by atoms with E-state index in [2.05, 4.69) is 26.0 Å². The maximum absolute atomic E-state index is 12.1. The standard InChI is InChI=1S/C15H16N6O3/c1-9(22)18-11-2-4-12(5-3-11)19-13(23)6-10-7-21-15(16-8-17-21)20-14(10)24/h2-5,8,10H,6-7H2,1H3,(H,18,22)(H,19,23)(H,16,17,20,24)/t10-/m1/s1. The lowest BCUT2D eigenvalue weighted by molar-refractivity contribution is -0.125. The maximum atomic E-state index is 12.1. The molecule has 0 aliphatic carbocycles. The molecule has 0 unspecified atom stereocenters. The Morgan fingerprint density at radius 1 is 1.25 bits per heavy atom. The number of amides is 3. The number of nitrogens with one attached hydrogen (secondary N) is 3. The van der Waals surface area contributed by atoms with Gasteiger partial charge in [-0.15, -0.1) is 0 Å². The summed E-state index contributed by atoms with van der Waals surface area (Å²) >= 11 is 0. The van der Waals surface area contributed by atoms with E-state index in [4.69, 9.17) is 0 Å². The zero-order chi connectivity index (χ0) is 17.1. The molecule has 124 valence electrons. The second-order valence-corrected chi connectivity index (χ2v) is 5.46. The van der Waals surface area contributed by atoms with Crippen LogP contribution in [-0.4, -0.2) is 32.5 Å². The highest BCUT2D eigenvalue weighted by molar-refractivity contribution is 5.98. The van der Waals surface area contributed by atoms with Crippen LogP contribution in [-0.2, 0) is 20.9 Å². The molecule has 1 atom stereocenters. The van der Waals surface area contributed by atoms with E-state index in [0.717, 1.165) is 0 Å². The number of anilines is 3. The van der Waals surface area contributed by atoms with Gasteiger partial charge in [0.05, 0.1) is 12.5 Å². The predicted octanol–water partition coefficient (Wildman–Crippen LogP) is 0.834. The van der Waals surface area contributed by atoms with Gasteiger partial charge >= 0.3 is 0 Å². The summed E-state index contributed by atoms with van der Waals surface area (Å²) < 4.78 is 1.56. The molecule has 1 aromatic carbocycles. The first-order valence-corrected chi connectivity index (χ1v) is 7.37. The molecule has 24 heavy (non-hydrogen) atoms. The zero-order valence-corrected chi connectivity index (χ0v) is 12.9. The van der Waals surface area contributed by atoms with E-state index in [-0.39, 0.29) is 24.1 Å². The van der Waals surface area contributed by atoms with Crippen LogP contribution in [0.15, 0.2) is 30.6 Å². The van der Waals surface area contributed by atoms with Crippen LogP contribution in [0.1, 0.15) is 13.3 Å². The van der Waals surface area contributed by atoms with E-state index >= 15 is 0 Å². The Kier molecular flexibility index (Phi) is 4.23. The first-order valence-electron chi connectivity index (χ1n) is 7.37. The lowest BCUT2D eigenvalue weighted by Crippen LogP contribution is -2.36. The Balaban J connectivity index is 1.58. The Labute approximate surface area is 137 Å². The van der Waals surface area contributed by atoms with Gasteiger partial charge in [-0.1, -0.05) is 0 Å². The summed E-state index contributed by atoms with van der Waals surface area (Å²) in [5.74, 6) is -0.789. The van der Waals surface area contributed by atoms with E-state index in [1.54, 1.807) is 28.9 Å². The van der Waals surface area contributed by atoms with Crippen molar-refractivity contribution >= 4 is 35.0 Å². The van der Waals surface area contributed by atoms with Crippen molar-refractivity contribution in [2.24, 2.45) is 5.92 Å². The van der Waals surface area contributed by atoms with Crippen LogP contribution in [0.2, 0.25) is 0 Å². The average molecular weight is 328 g/mol. The number of benzene rings is 1. The van der Waals surface area contributed by atoms with Crippen molar-refractivity contribution in [3.8, 4) is 0 Å². The number of aromatic nitrogens is 3. The molecule has 1 aliphatic rings. The fourth-order valence-corrected chi connectivity index (χ4v) is 2.43. The van der Waals surface area contributed by atoms with Gasteiger partial charge < -0.3 is 10.6 Å². The minimum Gasteiger partial charge on any atom is -0.326 e. The molecule has 3 rings (SSSR count). The zero-order valence-electron chi connectivity index (χ0n) is 12.9. The van der Waals surface area contributed by atoms with Gasteiger partial charge in [0.25, 0.3) is 0 Å². The van der Waals surface area contributed by atoms with Crippen LogP contribution in [0.5, 0.6) is 0 Å². The smallest absolute Gasteiger partial charge is 0.232 e. The highest BCUT2D eigenvalue weighted by Gasteiger charge is 2.29. The summed E-state index contributed by atoms with van der Waals surface area (Å²) in [7, 11) is 0. The molecule has 2 heterocycles. The Morgan fingerprint density at radius 3 is 2.58 bits per heavy atom. The summed E-state index contributed by atoms with van der Waals surface area (Å²) in [5, 5.41) is 12.0. The van der Waals surface area contributed by atoms with Crippen LogP contribution in [0.3, 0.4) is 0 Å². The van der Waals surface area contributed by atoms with Crippen molar-refractivity contribution in [1.29, 1.82) is 0 Å².